The van der Waals surface area contributed by atoms with Gasteiger partial charge in [0, 0.05) is 23.9 Å². The highest BCUT2D eigenvalue weighted by atomic mass is 127. The van der Waals surface area contributed by atoms with Gasteiger partial charge in [0.2, 0.25) is 0 Å². The van der Waals surface area contributed by atoms with Gasteiger partial charge in [0.25, 0.3) is 0 Å². The molecule has 0 radical (unpaired) electrons. The monoisotopic (exact) mass is 376 g/mol. The molecule has 0 bridgehead atoms. The summed E-state index contributed by atoms with van der Waals surface area (Å²) in [5.74, 6) is 2.36. The molecule has 0 amide bonds. The van der Waals surface area contributed by atoms with Crippen molar-refractivity contribution >= 4 is 33.9 Å². The Labute approximate surface area is 125 Å². The van der Waals surface area contributed by atoms with E-state index in [9.17, 15) is 0 Å². The standard InChI is InChI=1S/C13H17IN2OS/c1-9(2)6-15-4-3-13-16-7-11(17-13)10-5-12(14)18-8-10/h5,7-9,15H,3-4,6H2,1-2H3. The lowest BCUT2D eigenvalue weighted by atomic mass is 10.2. The number of nitrogens with zero attached hydrogens (tertiary/aromatic N) is 1. The summed E-state index contributed by atoms with van der Waals surface area (Å²) in [7, 11) is 0. The van der Waals surface area contributed by atoms with Gasteiger partial charge in [-0.2, -0.15) is 0 Å². The third kappa shape index (κ3) is 4.07. The number of nitrogens with one attached hydrogen (secondary N) is 1. The summed E-state index contributed by atoms with van der Waals surface area (Å²) in [5, 5.41) is 5.49. The van der Waals surface area contributed by atoms with E-state index in [1.54, 1.807) is 11.3 Å². The van der Waals surface area contributed by atoms with Crippen LogP contribution in [0.15, 0.2) is 22.1 Å². The predicted molar refractivity (Wildman–Crippen MR) is 83.9 cm³/mol. The smallest absolute Gasteiger partial charge is 0.196 e. The second kappa shape index (κ2) is 6.68. The largest absolute Gasteiger partial charge is 0.441 e. The molecular weight excluding hydrogens is 359 g/mol. The Morgan fingerprint density at radius 3 is 3.00 bits per heavy atom. The minimum atomic E-state index is 0.679. The van der Waals surface area contributed by atoms with Crippen LogP contribution in [0.2, 0.25) is 0 Å². The topological polar surface area (TPSA) is 38.1 Å². The van der Waals surface area contributed by atoms with Crippen molar-refractivity contribution in [3.05, 3.63) is 26.4 Å². The molecule has 0 aliphatic heterocycles. The second-order valence-corrected chi connectivity index (χ2v) is 7.41. The molecule has 0 aliphatic carbocycles. The SMILES string of the molecule is CC(C)CNCCc1ncc(-c2csc(I)c2)o1. The molecule has 0 atom stereocenters. The highest BCUT2D eigenvalue weighted by Gasteiger charge is 2.07. The number of oxazole rings is 1. The lowest BCUT2D eigenvalue weighted by molar-refractivity contribution is 0.483. The van der Waals surface area contributed by atoms with Gasteiger partial charge in [0.1, 0.15) is 0 Å². The first-order valence-electron chi connectivity index (χ1n) is 6.05. The van der Waals surface area contributed by atoms with Gasteiger partial charge >= 0.3 is 0 Å². The van der Waals surface area contributed by atoms with Crippen LogP contribution in [-0.4, -0.2) is 18.1 Å². The Morgan fingerprint density at radius 1 is 1.50 bits per heavy atom. The van der Waals surface area contributed by atoms with Crippen molar-refractivity contribution in [1.29, 1.82) is 0 Å². The van der Waals surface area contributed by atoms with E-state index in [0.717, 1.165) is 36.7 Å². The molecule has 0 spiro atoms. The summed E-state index contributed by atoms with van der Waals surface area (Å²) in [6, 6.07) is 2.12. The molecule has 0 saturated carbocycles. The summed E-state index contributed by atoms with van der Waals surface area (Å²) in [4.78, 5) is 4.31. The normalized spacial score (nSPS) is 11.3. The molecule has 0 saturated heterocycles. The van der Waals surface area contributed by atoms with Crippen LogP contribution >= 0.6 is 33.9 Å². The van der Waals surface area contributed by atoms with Crippen molar-refractivity contribution in [2.24, 2.45) is 5.92 Å². The summed E-state index contributed by atoms with van der Waals surface area (Å²) in [6.45, 7) is 6.36. The van der Waals surface area contributed by atoms with Crippen LogP contribution in [0.4, 0.5) is 0 Å². The first-order valence-corrected chi connectivity index (χ1v) is 8.01. The molecule has 18 heavy (non-hydrogen) atoms. The molecule has 2 aromatic rings. The van der Waals surface area contributed by atoms with Crippen LogP contribution in [0, 0.1) is 8.80 Å². The van der Waals surface area contributed by atoms with E-state index in [4.69, 9.17) is 4.42 Å². The Kier molecular flexibility index (Phi) is 5.20. The molecule has 5 heteroatoms. The van der Waals surface area contributed by atoms with Crippen molar-refractivity contribution in [3.63, 3.8) is 0 Å². The van der Waals surface area contributed by atoms with E-state index in [0.29, 0.717) is 5.92 Å². The van der Waals surface area contributed by atoms with Crippen LogP contribution < -0.4 is 5.32 Å². The molecule has 0 aliphatic rings. The quantitative estimate of drug-likeness (QED) is 0.616. The van der Waals surface area contributed by atoms with E-state index in [-0.39, 0.29) is 0 Å². The van der Waals surface area contributed by atoms with Gasteiger partial charge in [0.05, 0.1) is 9.08 Å². The predicted octanol–water partition coefficient (Wildman–Crippen LogP) is 3.80. The first-order chi connectivity index (χ1) is 8.65. The van der Waals surface area contributed by atoms with E-state index in [2.05, 4.69) is 58.2 Å². The molecular formula is C13H17IN2OS. The molecule has 3 nitrogen and oxygen atoms in total. The lowest BCUT2D eigenvalue weighted by Crippen LogP contribution is -2.22. The van der Waals surface area contributed by atoms with Gasteiger partial charge in [-0.25, -0.2) is 4.98 Å². The maximum absolute atomic E-state index is 5.74. The van der Waals surface area contributed by atoms with Crippen LogP contribution in [0.1, 0.15) is 19.7 Å². The lowest BCUT2D eigenvalue weighted by Gasteiger charge is -2.05. The van der Waals surface area contributed by atoms with Gasteiger partial charge < -0.3 is 9.73 Å². The number of rotatable bonds is 6. The van der Waals surface area contributed by atoms with E-state index < -0.39 is 0 Å². The molecule has 98 valence electrons. The molecule has 1 N–H and O–H groups in total. The molecule has 2 aromatic heterocycles. The third-order valence-electron chi connectivity index (χ3n) is 2.47. The van der Waals surface area contributed by atoms with Crippen molar-refractivity contribution in [2.75, 3.05) is 13.1 Å². The number of hydrogen-bond acceptors (Lipinski definition) is 4. The Morgan fingerprint density at radius 2 is 2.33 bits per heavy atom. The van der Waals surface area contributed by atoms with E-state index >= 15 is 0 Å². The third-order valence-corrected chi connectivity index (χ3v) is 4.26. The zero-order valence-corrected chi connectivity index (χ0v) is 13.5. The van der Waals surface area contributed by atoms with Crippen molar-refractivity contribution in [2.45, 2.75) is 20.3 Å². The maximum atomic E-state index is 5.74. The Bertz CT molecular complexity index is 493. The van der Waals surface area contributed by atoms with Gasteiger partial charge in [-0.1, -0.05) is 13.8 Å². The van der Waals surface area contributed by atoms with Crippen LogP contribution in [0.25, 0.3) is 11.3 Å². The number of thiophene rings is 1. The average Bonchev–Trinajstić information content (AvgIpc) is 2.93. The highest BCUT2D eigenvalue weighted by Crippen LogP contribution is 2.27. The fourth-order valence-electron chi connectivity index (χ4n) is 1.58. The molecule has 0 fully saturated rings. The zero-order chi connectivity index (χ0) is 13.0. The summed E-state index contributed by atoms with van der Waals surface area (Å²) >= 11 is 4.03. The number of aromatic nitrogens is 1. The zero-order valence-electron chi connectivity index (χ0n) is 10.6. The summed E-state index contributed by atoms with van der Waals surface area (Å²) in [5.41, 5.74) is 1.12. The van der Waals surface area contributed by atoms with Crippen molar-refractivity contribution < 1.29 is 4.42 Å². The van der Waals surface area contributed by atoms with E-state index in [1.165, 1.54) is 2.88 Å². The van der Waals surface area contributed by atoms with Crippen LogP contribution in [-0.2, 0) is 6.42 Å². The fraction of sp³-hybridized carbons (Fsp3) is 0.462. The van der Waals surface area contributed by atoms with Gasteiger partial charge in [-0.15, -0.1) is 11.3 Å². The van der Waals surface area contributed by atoms with Gasteiger partial charge in [-0.3, -0.25) is 0 Å². The van der Waals surface area contributed by atoms with Crippen LogP contribution in [0.3, 0.4) is 0 Å². The average molecular weight is 376 g/mol. The van der Waals surface area contributed by atoms with Crippen molar-refractivity contribution in [1.82, 2.24) is 10.3 Å². The number of hydrogen-bond donors (Lipinski definition) is 1. The summed E-state index contributed by atoms with van der Waals surface area (Å²) < 4.78 is 7.01. The molecule has 0 unspecified atom stereocenters. The Balaban J connectivity index is 1.86. The van der Waals surface area contributed by atoms with Crippen LogP contribution in [0.5, 0.6) is 0 Å². The summed E-state index contributed by atoms with van der Waals surface area (Å²) in [6.07, 6.45) is 2.66. The Hall–Kier alpha value is -0.400. The molecule has 2 heterocycles. The minimum absolute atomic E-state index is 0.679. The maximum Gasteiger partial charge on any atom is 0.196 e. The van der Waals surface area contributed by atoms with Gasteiger partial charge in [-0.05, 0) is 41.1 Å². The fourth-order valence-corrected chi connectivity index (χ4v) is 2.92. The van der Waals surface area contributed by atoms with Crippen molar-refractivity contribution in [3.8, 4) is 11.3 Å². The number of halogens is 1. The second-order valence-electron chi connectivity index (χ2n) is 4.61. The first kappa shape index (κ1) is 14.0. The van der Waals surface area contributed by atoms with E-state index in [1.807, 2.05) is 6.20 Å². The van der Waals surface area contributed by atoms with Gasteiger partial charge in [0.15, 0.2) is 11.7 Å². The highest BCUT2D eigenvalue weighted by molar-refractivity contribution is 14.1. The molecule has 2 rings (SSSR count). The molecule has 0 aromatic carbocycles. The minimum Gasteiger partial charge on any atom is -0.441 e.